The van der Waals surface area contributed by atoms with E-state index in [1.54, 1.807) is 0 Å². The maximum atomic E-state index is 12.0. The molecule has 3 N–H and O–H groups in total. The molecule has 8 heteroatoms. The molecule has 23 heavy (non-hydrogen) atoms. The summed E-state index contributed by atoms with van der Waals surface area (Å²) in [4.78, 5) is 44.6. The highest BCUT2D eigenvalue weighted by Gasteiger charge is 2.21. The molecule has 0 radical (unpaired) electrons. The van der Waals surface area contributed by atoms with Crippen molar-refractivity contribution < 1.29 is 4.79 Å². The van der Waals surface area contributed by atoms with E-state index in [0.29, 0.717) is 12.2 Å². The Morgan fingerprint density at radius 1 is 1.30 bits per heavy atom. The molecule has 0 spiro atoms. The van der Waals surface area contributed by atoms with Gasteiger partial charge in [-0.3, -0.25) is 19.1 Å². The Morgan fingerprint density at radius 2 is 1.96 bits per heavy atom. The number of carbonyl (C=O) groups is 1. The number of carbonyl (C=O) groups excluding carboxylic acids is 1. The molecule has 2 aromatic heterocycles. The van der Waals surface area contributed by atoms with Crippen LogP contribution in [-0.4, -0.2) is 31.5 Å². The van der Waals surface area contributed by atoms with Gasteiger partial charge in [0.05, 0.1) is 0 Å². The molecule has 0 fully saturated rings. The third-order valence-corrected chi connectivity index (χ3v) is 4.07. The number of hydrogen-bond acceptors (Lipinski definition) is 4. The van der Waals surface area contributed by atoms with Crippen molar-refractivity contribution in [3.05, 3.63) is 26.7 Å². The molecule has 0 saturated heterocycles. The smallest absolute Gasteiger partial charge is 0.329 e. The molecule has 0 aliphatic rings. The lowest BCUT2D eigenvalue weighted by Crippen LogP contribution is -2.41. The summed E-state index contributed by atoms with van der Waals surface area (Å²) in [6.45, 7) is 8.15. The van der Waals surface area contributed by atoms with Crippen LogP contribution in [0, 0.1) is 5.41 Å². The summed E-state index contributed by atoms with van der Waals surface area (Å²) in [5.41, 5.74) is -0.506. The topological polar surface area (TPSA) is 113 Å². The first-order valence-electron chi connectivity index (χ1n) is 7.57. The molecule has 2 heterocycles. The van der Waals surface area contributed by atoms with Crippen LogP contribution < -0.4 is 16.6 Å². The second-order valence-electron chi connectivity index (χ2n) is 6.86. The number of nitrogens with one attached hydrogen (secondary N) is 3. The fourth-order valence-corrected chi connectivity index (χ4v) is 2.03. The number of imidazole rings is 1. The second-order valence-corrected chi connectivity index (χ2v) is 6.86. The van der Waals surface area contributed by atoms with Gasteiger partial charge in [-0.25, -0.2) is 9.78 Å². The first kappa shape index (κ1) is 17.0. The summed E-state index contributed by atoms with van der Waals surface area (Å²) in [5.74, 6) is 0.431. The molecular formula is C15H23N5O3. The van der Waals surface area contributed by atoms with E-state index >= 15 is 0 Å². The molecule has 8 nitrogen and oxygen atoms in total. The van der Waals surface area contributed by atoms with Crippen molar-refractivity contribution >= 4 is 17.1 Å². The van der Waals surface area contributed by atoms with Crippen LogP contribution >= 0.6 is 0 Å². The zero-order valence-electron chi connectivity index (χ0n) is 14.1. The SMILES string of the molecule is CC(NC(=O)CCc1nc2c([nH]1)c(=O)[nH]c(=O)n2C)C(C)(C)C. The molecule has 2 aromatic rings. The van der Waals surface area contributed by atoms with Gasteiger partial charge in [-0.05, 0) is 12.3 Å². The van der Waals surface area contributed by atoms with Gasteiger partial charge >= 0.3 is 5.69 Å². The van der Waals surface area contributed by atoms with Gasteiger partial charge in [0, 0.05) is 25.9 Å². The van der Waals surface area contributed by atoms with Crippen LogP contribution in [0.15, 0.2) is 9.59 Å². The van der Waals surface area contributed by atoms with Crippen LogP contribution in [-0.2, 0) is 18.3 Å². The van der Waals surface area contributed by atoms with Crippen molar-refractivity contribution in [2.24, 2.45) is 12.5 Å². The zero-order valence-corrected chi connectivity index (χ0v) is 14.1. The van der Waals surface area contributed by atoms with E-state index in [0.717, 1.165) is 0 Å². The normalized spacial score (nSPS) is 13.3. The third kappa shape index (κ3) is 3.69. The van der Waals surface area contributed by atoms with E-state index < -0.39 is 11.2 Å². The number of fused-ring (bicyclic) bond motifs is 1. The van der Waals surface area contributed by atoms with Crippen molar-refractivity contribution in [1.82, 2.24) is 24.8 Å². The Labute approximate surface area is 133 Å². The fraction of sp³-hybridized carbons (Fsp3) is 0.600. The predicted molar refractivity (Wildman–Crippen MR) is 87.3 cm³/mol. The number of H-pyrrole nitrogens is 2. The van der Waals surface area contributed by atoms with Crippen molar-refractivity contribution in [1.29, 1.82) is 0 Å². The maximum absolute atomic E-state index is 12.0. The van der Waals surface area contributed by atoms with Crippen LogP contribution in [0.3, 0.4) is 0 Å². The van der Waals surface area contributed by atoms with Crippen molar-refractivity contribution in [3.8, 4) is 0 Å². The minimum absolute atomic E-state index is 0.0133. The summed E-state index contributed by atoms with van der Waals surface area (Å²) in [5, 5.41) is 2.95. The molecular weight excluding hydrogens is 298 g/mol. The molecule has 2 rings (SSSR count). The number of hydrogen-bond donors (Lipinski definition) is 3. The summed E-state index contributed by atoms with van der Waals surface area (Å²) >= 11 is 0. The van der Waals surface area contributed by atoms with Gasteiger partial charge < -0.3 is 10.3 Å². The molecule has 0 aromatic carbocycles. The van der Waals surface area contributed by atoms with Crippen molar-refractivity contribution in [3.63, 3.8) is 0 Å². The van der Waals surface area contributed by atoms with Crippen LogP contribution in [0.1, 0.15) is 39.9 Å². The lowest BCUT2D eigenvalue weighted by atomic mass is 9.88. The first-order valence-corrected chi connectivity index (χ1v) is 7.57. The van der Waals surface area contributed by atoms with Crippen LogP contribution in [0.2, 0.25) is 0 Å². The number of aromatic amines is 2. The molecule has 0 saturated carbocycles. The van der Waals surface area contributed by atoms with Crippen LogP contribution in [0.4, 0.5) is 0 Å². The monoisotopic (exact) mass is 321 g/mol. The lowest BCUT2D eigenvalue weighted by Gasteiger charge is -2.28. The van der Waals surface area contributed by atoms with Gasteiger partial charge in [0.1, 0.15) is 11.3 Å². The van der Waals surface area contributed by atoms with Gasteiger partial charge in [-0.1, -0.05) is 20.8 Å². The molecule has 1 atom stereocenters. The maximum Gasteiger partial charge on any atom is 0.329 e. The summed E-state index contributed by atoms with van der Waals surface area (Å²) in [7, 11) is 1.53. The highest BCUT2D eigenvalue weighted by Crippen LogP contribution is 2.18. The van der Waals surface area contributed by atoms with E-state index in [-0.39, 0.29) is 34.9 Å². The Morgan fingerprint density at radius 3 is 2.57 bits per heavy atom. The molecule has 1 amide bonds. The number of nitrogens with zero attached hydrogens (tertiary/aromatic N) is 2. The van der Waals surface area contributed by atoms with Crippen molar-refractivity contribution in [2.45, 2.75) is 46.6 Å². The fourth-order valence-electron chi connectivity index (χ4n) is 2.03. The van der Waals surface area contributed by atoms with Crippen molar-refractivity contribution in [2.75, 3.05) is 0 Å². The van der Waals surface area contributed by atoms with E-state index in [9.17, 15) is 14.4 Å². The Bertz CT molecular complexity index is 837. The predicted octanol–water partition coefficient (Wildman–Crippen LogP) is 0.433. The van der Waals surface area contributed by atoms with Gasteiger partial charge in [-0.2, -0.15) is 0 Å². The zero-order chi connectivity index (χ0) is 17.4. The average molecular weight is 321 g/mol. The molecule has 0 aliphatic heterocycles. The van der Waals surface area contributed by atoms with E-state index in [4.69, 9.17) is 0 Å². The summed E-state index contributed by atoms with van der Waals surface area (Å²) < 4.78 is 1.26. The molecule has 1 unspecified atom stereocenters. The Kier molecular flexibility index (Phi) is 4.44. The van der Waals surface area contributed by atoms with Gasteiger partial charge in [0.15, 0.2) is 5.65 Å². The number of rotatable bonds is 4. The van der Waals surface area contributed by atoms with Gasteiger partial charge in [0.25, 0.3) is 5.56 Å². The average Bonchev–Trinajstić information content (AvgIpc) is 2.86. The molecule has 0 aliphatic carbocycles. The van der Waals surface area contributed by atoms with E-state index in [1.165, 1.54) is 11.6 Å². The van der Waals surface area contributed by atoms with Gasteiger partial charge in [0.2, 0.25) is 5.91 Å². The van der Waals surface area contributed by atoms with Gasteiger partial charge in [-0.15, -0.1) is 0 Å². The minimum Gasteiger partial charge on any atom is -0.353 e. The molecule has 126 valence electrons. The summed E-state index contributed by atoms with van der Waals surface area (Å²) in [6, 6.07) is 0.0503. The quantitative estimate of drug-likeness (QED) is 0.758. The third-order valence-electron chi connectivity index (χ3n) is 4.07. The highest BCUT2D eigenvalue weighted by molar-refractivity contribution is 5.76. The van der Waals surface area contributed by atoms with Crippen LogP contribution in [0.5, 0.6) is 0 Å². The minimum atomic E-state index is -0.516. The summed E-state index contributed by atoms with van der Waals surface area (Å²) in [6.07, 6.45) is 0.622. The molecule has 0 bridgehead atoms. The van der Waals surface area contributed by atoms with E-state index in [1.807, 2.05) is 6.92 Å². The Hall–Kier alpha value is -2.38. The largest absolute Gasteiger partial charge is 0.353 e. The number of amides is 1. The number of aryl methyl sites for hydroxylation is 2. The number of aromatic nitrogens is 4. The second kappa shape index (κ2) is 6.02. The van der Waals surface area contributed by atoms with Crippen LogP contribution in [0.25, 0.3) is 11.2 Å². The highest BCUT2D eigenvalue weighted by atomic mass is 16.2. The first-order chi connectivity index (χ1) is 10.6. The Balaban J connectivity index is 2.10. The van der Waals surface area contributed by atoms with E-state index in [2.05, 4.69) is 41.0 Å². The lowest BCUT2D eigenvalue weighted by molar-refractivity contribution is -0.122. The standard InChI is InChI=1S/C15H23N5O3/c1-8(15(2,3)4)16-10(21)7-6-9-17-11-12(18-9)20(5)14(23)19-13(11)22/h8H,6-7H2,1-5H3,(H,16,21)(H,17,18)(H,19,22,23).